The lowest BCUT2D eigenvalue weighted by molar-refractivity contribution is 0.0732. The summed E-state index contributed by atoms with van der Waals surface area (Å²) in [6.07, 6.45) is 1.12. The van der Waals surface area contributed by atoms with Crippen LogP contribution in [0.1, 0.15) is 31.9 Å². The second-order valence-electron chi connectivity index (χ2n) is 5.75. The predicted octanol–water partition coefficient (Wildman–Crippen LogP) is 2.38. The van der Waals surface area contributed by atoms with Crippen molar-refractivity contribution in [2.75, 3.05) is 32.7 Å². The quantitative estimate of drug-likeness (QED) is 0.906. The summed E-state index contributed by atoms with van der Waals surface area (Å²) in [5.74, 6) is -0.792. The van der Waals surface area contributed by atoms with Crippen molar-refractivity contribution in [1.82, 2.24) is 9.80 Å². The Kier molecular flexibility index (Phi) is 5.67. The lowest BCUT2D eigenvalue weighted by atomic mass is 10.0. The highest BCUT2D eigenvalue weighted by Gasteiger charge is 2.27. The molecule has 5 heteroatoms. The van der Waals surface area contributed by atoms with Crippen LogP contribution in [0.2, 0.25) is 0 Å². The van der Waals surface area contributed by atoms with Crippen molar-refractivity contribution in [3.8, 4) is 0 Å². The Bertz CT molecular complexity index is 459. The molecule has 2 rings (SSSR count). The highest BCUT2D eigenvalue weighted by atomic mass is 19.1. The van der Waals surface area contributed by atoms with Crippen LogP contribution in [0.4, 0.5) is 8.78 Å². The van der Waals surface area contributed by atoms with Gasteiger partial charge in [-0.3, -0.25) is 9.80 Å². The zero-order valence-corrected chi connectivity index (χ0v) is 12.9. The Morgan fingerprint density at radius 2 is 1.76 bits per heavy atom. The number of rotatable bonds is 5. The molecule has 1 aliphatic rings. The maximum absolute atomic E-state index is 14.0. The lowest BCUT2D eigenvalue weighted by Crippen LogP contribution is -2.51. The highest BCUT2D eigenvalue weighted by molar-refractivity contribution is 5.23. The van der Waals surface area contributed by atoms with Crippen LogP contribution in [0.5, 0.6) is 0 Å². The molecule has 118 valence electrons. The van der Waals surface area contributed by atoms with Gasteiger partial charge in [-0.1, -0.05) is 6.92 Å². The molecule has 0 spiro atoms. The van der Waals surface area contributed by atoms with Gasteiger partial charge < -0.3 is 5.73 Å². The van der Waals surface area contributed by atoms with E-state index in [4.69, 9.17) is 5.73 Å². The molecule has 0 aliphatic carbocycles. The van der Waals surface area contributed by atoms with Crippen molar-refractivity contribution in [3.63, 3.8) is 0 Å². The highest BCUT2D eigenvalue weighted by Crippen LogP contribution is 2.25. The molecule has 2 atom stereocenters. The van der Waals surface area contributed by atoms with Crippen molar-refractivity contribution in [1.29, 1.82) is 0 Å². The molecule has 1 fully saturated rings. The SMILES string of the molecule is CCC(C)N1CCN(C(CN)c2cc(F)ccc2F)CC1. The second kappa shape index (κ2) is 7.29. The molecule has 0 aromatic heterocycles. The van der Waals surface area contributed by atoms with Crippen molar-refractivity contribution in [3.05, 3.63) is 35.4 Å². The molecule has 1 saturated heterocycles. The average Bonchev–Trinajstić information content (AvgIpc) is 2.51. The van der Waals surface area contributed by atoms with Gasteiger partial charge in [0.25, 0.3) is 0 Å². The molecule has 0 saturated carbocycles. The lowest BCUT2D eigenvalue weighted by Gasteiger charge is -2.41. The number of halogens is 2. The van der Waals surface area contributed by atoms with Gasteiger partial charge in [0.1, 0.15) is 11.6 Å². The van der Waals surface area contributed by atoms with Crippen LogP contribution in [0, 0.1) is 11.6 Å². The van der Waals surface area contributed by atoms with E-state index in [2.05, 4.69) is 23.6 Å². The summed E-state index contributed by atoms with van der Waals surface area (Å²) >= 11 is 0. The van der Waals surface area contributed by atoms with Gasteiger partial charge in [0, 0.05) is 44.3 Å². The largest absolute Gasteiger partial charge is 0.329 e. The molecule has 1 aromatic carbocycles. The topological polar surface area (TPSA) is 32.5 Å². The normalized spacial score (nSPS) is 20.4. The van der Waals surface area contributed by atoms with Gasteiger partial charge in [-0.05, 0) is 31.5 Å². The molecule has 1 aromatic rings. The van der Waals surface area contributed by atoms with Crippen molar-refractivity contribution in [2.24, 2.45) is 5.73 Å². The molecule has 21 heavy (non-hydrogen) atoms. The fourth-order valence-corrected chi connectivity index (χ4v) is 2.99. The van der Waals surface area contributed by atoms with E-state index in [-0.39, 0.29) is 11.9 Å². The average molecular weight is 297 g/mol. The van der Waals surface area contributed by atoms with Gasteiger partial charge in [-0.2, -0.15) is 0 Å². The second-order valence-corrected chi connectivity index (χ2v) is 5.75. The molecular weight excluding hydrogens is 272 g/mol. The number of nitrogens with two attached hydrogens (primary N) is 1. The van der Waals surface area contributed by atoms with Gasteiger partial charge >= 0.3 is 0 Å². The third-order valence-electron chi connectivity index (χ3n) is 4.54. The number of hydrogen-bond donors (Lipinski definition) is 1. The molecule has 0 radical (unpaired) electrons. The number of nitrogens with zero attached hydrogens (tertiary/aromatic N) is 2. The summed E-state index contributed by atoms with van der Waals surface area (Å²) in [5.41, 5.74) is 6.20. The van der Waals surface area contributed by atoms with Gasteiger partial charge in [-0.25, -0.2) is 8.78 Å². The summed E-state index contributed by atoms with van der Waals surface area (Å²) < 4.78 is 27.4. The zero-order valence-electron chi connectivity index (χ0n) is 12.9. The molecule has 2 N–H and O–H groups in total. The molecule has 0 bridgehead atoms. The van der Waals surface area contributed by atoms with Crippen molar-refractivity contribution in [2.45, 2.75) is 32.4 Å². The Morgan fingerprint density at radius 1 is 1.14 bits per heavy atom. The van der Waals surface area contributed by atoms with E-state index in [1.807, 2.05) is 0 Å². The first-order chi connectivity index (χ1) is 10.1. The fraction of sp³-hybridized carbons (Fsp3) is 0.625. The van der Waals surface area contributed by atoms with Crippen LogP contribution in [0.25, 0.3) is 0 Å². The van der Waals surface area contributed by atoms with Crippen LogP contribution < -0.4 is 5.73 Å². The molecule has 1 heterocycles. The molecule has 1 aliphatic heterocycles. The molecule has 0 amide bonds. The minimum Gasteiger partial charge on any atom is -0.329 e. The number of piperazine rings is 1. The summed E-state index contributed by atoms with van der Waals surface area (Å²) in [4.78, 5) is 4.60. The minimum absolute atomic E-state index is 0.250. The van der Waals surface area contributed by atoms with E-state index in [0.717, 1.165) is 38.7 Å². The van der Waals surface area contributed by atoms with E-state index in [0.29, 0.717) is 18.2 Å². The van der Waals surface area contributed by atoms with Gasteiger partial charge in [0.2, 0.25) is 0 Å². The number of hydrogen-bond acceptors (Lipinski definition) is 3. The summed E-state index contributed by atoms with van der Waals surface area (Å²) in [5, 5.41) is 0. The molecular formula is C16H25F2N3. The van der Waals surface area contributed by atoms with Crippen LogP contribution in [0.3, 0.4) is 0 Å². The van der Waals surface area contributed by atoms with Gasteiger partial charge in [0.05, 0.1) is 6.04 Å². The first-order valence-electron chi connectivity index (χ1n) is 7.70. The molecule has 3 nitrogen and oxygen atoms in total. The third-order valence-corrected chi connectivity index (χ3v) is 4.54. The Morgan fingerprint density at radius 3 is 2.33 bits per heavy atom. The van der Waals surface area contributed by atoms with Crippen LogP contribution >= 0.6 is 0 Å². The van der Waals surface area contributed by atoms with Gasteiger partial charge in [0.15, 0.2) is 0 Å². The smallest absolute Gasteiger partial charge is 0.128 e. The Balaban J connectivity index is 2.08. The fourth-order valence-electron chi connectivity index (χ4n) is 2.99. The summed E-state index contributed by atoms with van der Waals surface area (Å²) in [7, 11) is 0. The Labute approximate surface area is 125 Å². The maximum atomic E-state index is 14.0. The third kappa shape index (κ3) is 3.78. The van der Waals surface area contributed by atoms with E-state index in [9.17, 15) is 8.78 Å². The Hall–Kier alpha value is -1.04. The summed E-state index contributed by atoms with van der Waals surface area (Å²) in [6.45, 7) is 8.27. The van der Waals surface area contributed by atoms with E-state index >= 15 is 0 Å². The monoisotopic (exact) mass is 297 g/mol. The zero-order chi connectivity index (χ0) is 15.4. The number of benzene rings is 1. The van der Waals surface area contributed by atoms with Gasteiger partial charge in [-0.15, -0.1) is 0 Å². The van der Waals surface area contributed by atoms with E-state index in [1.54, 1.807) is 0 Å². The first kappa shape index (κ1) is 16.3. The first-order valence-corrected chi connectivity index (χ1v) is 7.70. The maximum Gasteiger partial charge on any atom is 0.128 e. The van der Waals surface area contributed by atoms with Crippen molar-refractivity contribution < 1.29 is 8.78 Å². The van der Waals surface area contributed by atoms with Crippen LogP contribution in [-0.4, -0.2) is 48.6 Å². The molecule has 2 unspecified atom stereocenters. The van der Waals surface area contributed by atoms with E-state index < -0.39 is 5.82 Å². The van der Waals surface area contributed by atoms with Crippen LogP contribution in [0.15, 0.2) is 18.2 Å². The minimum atomic E-state index is -0.414. The van der Waals surface area contributed by atoms with E-state index in [1.165, 1.54) is 12.1 Å². The van der Waals surface area contributed by atoms with Crippen LogP contribution in [-0.2, 0) is 0 Å². The summed E-state index contributed by atoms with van der Waals surface area (Å²) in [6, 6.07) is 3.92. The predicted molar refractivity (Wildman–Crippen MR) is 81.1 cm³/mol. The standard InChI is InChI=1S/C16H25F2N3/c1-3-12(2)20-6-8-21(9-7-20)16(11-19)14-10-13(17)4-5-15(14)18/h4-5,10,12,16H,3,6-9,11,19H2,1-2H3. The van der Waals surface area contributed by atoms with Crippen molar-refractivity contribution >= 4 is 0 Å².